The van der Waals surface area contributed by atoms with Crippen LogP contribution in [-0.4, -0.2) is 46.2 Å². The van der Waals surface area contributed by atoms with E-state index in [0.29, 0.717) is 5.69 Å². The van der Waals surface area contributed by atoms with Crippen LogP contribution in [0.2, 0.25) is 0 Å². The van der Waals surface area contributed by atoms with Crippen molar-refractivity contribution in [2.24, 2.45) is 5.92 Å². The van der Waals surface area contributed by atoms with Gasteiger partial charge in [-0.1, -0.05) is 12.8 Å². The molecule has 2 fully saturated rings. The summed E-state index contributed by atoms with van der Waals surface area (Å²) in [4.78, 5) is 24.1. The van der Waals surface area contributed by atoms with E-state index in [4.69, 9.17) is 0 Å². The molecule has 1 saturated carbocycles. The summed E-state index contributed by atoms with van der Waals surface area (Å²) >= 11 is 0. The standard InChI is InChI=1S/C23H29FN4O2/c1-23(30,17-8-9-17)15-26-22(29)19-14-25-21(28-12-4-2-3-5-13-28)20(27-19)16-6-10-18(24)11-7-16/h6-7,10-11,14,17,30H,2-5,8-9,12-13,15H2,1H3,(H,26,29). The molecule has 7 heteroatoms. The number of carbonyl (C=O) groups is 1. The Morgan fingerprint density at radius 2 is 1.87 bits per heavy atom. The van der Waals surface area contributed by atoms with Crippen molar-refractivity contribution in [3.8, 4) is 11.3 Å². The number of anilines is 1. The SMILES string of the molecule is CC(O)(CNC(=O)c1cnc(N2CCCCCC2)c(-c2ccc(F)cc2)n1)C1CC1. The molecule has 2 aromatic rings. The molecule has 0 bridgehead atoms. The maximum Gasteiger partial charge on any atom is 0.271 e. The van der Waals surface area contributed by atoms with E-state index < -0.39 is 5.60 Å². The Morgan fingerprint density at radius 3 is 2.50 bits per heavy atom. The van der Waals surface area contributed by atoms with Crippen LogP contribution < -0.4 is 10.2 Å². The summed E-state index contributed by atoms with van der Waals surface area (Å²) in [6.45, 7) is 3.71. The first-order chi connectivity index (χ1) is 14.4. The molecule has 1 unspecified atom stereocenters. The van der Waals surface area contributed by atoms with Crippen LogP contribution in [0.15, 0.2) is 30.5 Å². The van der Waals surface area contributed by atoms with Gasteiger partial charge in [0.15, 0.2) is 5.82 Å². The van der Waals surface area contributed by atoms with Crippen molar-refractivity contribution in [2.45, 2.75) is 51.0 Å². The number of hydrogen-bond donors (Lipinski definition) is 2. The minimum absolute atomic E-state index is 0.179. The summed E-state index contributed by atoms with van der Waals surface area (Å²) in [5, 5.41) is 13.2. The van der Waals surface area contributed by atoms with Crippen LogP contribution in [0, 0.1) is 11.7 Å². The molecule has 1 amide bonds. The van der Waals surface area contributed by atoms with Gasteiger partial charge in [0.25, 0.3) is 5.91 Å². The van der Waals surface area contributed by atoms with Gasteiger partial charge < -0.3 is 15.3 Å². The van der Waals surface area contributed by atoms with Crippen LogP contribution in [0.4, 0.5) is 10.2 Å². The summed E-state index contributed by atoms with van der Waals surface area (Å²) in [5.41, 5.74) is 0.593. The lowest BCUT2D eigenvalue weighted by Gasteiger charge is -2.25. The molecule has 1 aliphatic carbocycles. The number of nitrogens with one attached hydrogen (secondary N) is 1. The summed E-state index contributed by atoms with van der Waals surface area (Å²) in [6.07, 6.45) is 8.03. The van der Waals surface area contributed by atoms with Crippen molar-refractivity contribution < 1.29 is 14.3 Å². The second-order valence-corrected chi connectivity index (χ2v) is 8.65. The average Bonchev–Trinajstić information content (AvgIpc) is 3.60. The molecule has 2 aliphatic rings. The largest absolute Gasteiger partial charge is 0.388 e. The van der Waals surface area contributed by atoms with E-state index in [1.807, 2.05) is 0 Å². The molecule has 0 radical (unpaired) electrons. The third-order valence-electron chi connectivity index (χ3n) is 6.07. The number of aromatic nitrogens is 2. The third kappa shape index (κ3) is 4.78. The molecule has 2 heterocycles. The van der Waals surface area contributed by atoms with Crippen LogP contribution in [0.5, 0.6) is 0 Å². The van der Waals surface area contributed by atoms with Crippen molar-refractivity contribution in [3.63, 3.8) is 0 Å². The maximum atomic E-state index is 13.5. The van der Waals surface area contributed by atoms with Crippen molar-refractivity contribution in [2.75, 3.05) is 24.5 Å². The maximum absolute atomic E-state index is 13.5. The van der Waals surface area contributed by atoms with E-state index in [-0.39, 0.29) is 29.9 Å². The molecule has 4 rings (SSSR count). The fourth-order valence-corrected chi connectivity index (χ4v) is 4.01. The van der Waals surface area contributed by atoms with Gasteiger partial charge in [-0.05, 0) is 62.8 Å². The van der Waals surface area contributed by atoms with E-state index in [1.54, 1.807) is 19.1 Å². The van der Waals surface area contributed by atoms with Gasteiger partial charge in [-0.2, -0.15) is 0 Å². The van der Waals surface area contributed by atoms with Crippen molar-refractivity contribution >= 4 is 11.7 Å². The van der Waals surface area contributed by atoms with E-state index in [9.17, 15) is 14.3 Å². The Balaban J connectivity index is 1.61. The Morgan fingerprint density at radius 1 is 1.20 bits per heavy atom. The van der Waals surface area contributed by atoms with E-state index in [1.165, 1.54) is 31.2 Å². The lowest BCUT2D eigenvalue weighted by molar-refractivity contribution is 0.0353. The Bertz CT molecular complexity index is 889. The summed E-state index contributed by atoms with van der Waals surface area (Å²) in [5.74, 6) is 0.280. The number of hydrogen-bond acceptors (Lipinski definition) is 5. The first-order valence-electron chi connectivity index (χ1n) is 10.8. The van der Waals surface area contributed by atoms with Gasteiger partial charge in [-0.15, -0.1) is 0 Å². The molecule has 1 saturated heterocycles. The number of rotatable bonds is 6. The van der Waals surface area contributed by atoms with Gasteiger partial charge >= 0.3 is 0 Å². The van der Waals surface area contributed by atoms with Crippen molar-refractivity contribution in [1.82, 2.24) is 15.3 Å². The van der Waals surface area contributed by atoms with E-state index >= 15 is 0 Å². The number of carbonyl (C=O) groups excluding carboxylic acids is 1. The van der Waals surface area contributed by atoms with E-state index in [0.717, 1.165) is 50.2 Å². The number of nitrogens with zero attached hydrogens (tertiary/aromatic N) is 3. The first kappa shape index (κ1) is 20.7. The molecule has 1 aromatic carbocycles. The lowest BCUT2D eigenvalue weighted by Crippen LogP contribution is -2.42. The predicted octanol–water partition coefficient (Wildman–Crippen LogP) is 3.55. The molecule has 1 aliphatic heterocycles. The zero-order valence-corrected chi connectivity index (χ0v) is 17.4. The van der Waals surface area contributed by atoms with Crippen LogP contribution >= 0.6 is 0 Å². The molecule has 6 nitrogen and oxygen atoms in total. The topological polar surface area (TPSA) is 78.3 Å². The predicted molar refractivity (Wildman–Crippen MR) is 114 cm³/mol. The van der Waals surface area contributed by atoms with Gasteiger partial charge in [-0.25, -0.2) is 14.4 Å². The van der Waals surface area contributed by atoms with Crippen LogP contribution in [-0.2, 0) is 0 Å². The lowest BCUT2D eigenvalue weighted by atomic mass is 10.0. The zero-order chi connectivity index (χ0) is 21.1. The highest BCUT2D eigenvalue weighted by atomic mass is 19.1. The highest BCUT2D eigenvalue weighted by Crippen LogP contribution is 2.39. The zero-order valence-electron chi connectivity index (χ0n) is 17.4. The molecule has 2 N–H and O–H groups in total. The fourth-order valence-electron chi connectivity index (χ4n) is 4.01. The van der Waals surface area contributed by atoms with Crippen LogP contribution in [0.25, 0.3) is 11.3 Å². The number of amides is 1. The van der Waals surface area contributed by atoms with Crippen LogP contribution in [0.1, 0.15) is 55.9 Å². The van der Waals surface area contributed by atoms with Gasteiger partial charge in [0.05, 0.1) is 11.8 Å². The monoisotopic (exact) mass is 412 g/mol. The second kappa shape index (κ2) is 8.68. The second-order valence-electron chi connectivity index (χ2n) is 8.65. The molecule has 0 spiro atoms. The summed E-state index contributed by atoms with van der Waals surface area (Å²) in [7, 11) is 0. The Labute approximate surface area is 176 Å². The fraction of sp³-hybridized carbons (Fsp3) is 0.522. The molecule has 1 aromatic heterocycles. The Kier molecular flexibility index (Phi) is 5.99. The quantitative estimate of drug-likeness (QED) is 0.759. The highest BCUT2D eigenvalue weighted by molar-refractivity contribution is 5.93. The molecule has 160 valence electrons. The van der Waals surface area contributed by atoms with Gasteiger partial charge in [0, 0.05) is 25.2 Å². The van der Waals surface area contributed by atoms with Gasteiger partial charge in [-0.3, -0.25) is 4.79 Å². The van der Waals surface area contributed by atoms with Crippen LogP contribution in [0.3, 0.4) is 0 Å². The Hall–Kier alpha value is -2.54. The van der Waals surface area contributed by atoms with Crippen molar-refractivity contribution in [1.29, 1.82) is 0 Å². The molecular weight excluding hydrogens is 383 g/mol. The number of benzene rings is 1. The third-order valence-corrected chi connectivity index (χ3v) is 6.07. The molecule has 30 heavy (non-hydrogen) atoms. The van der Waals surface area contributed by atoms with Gasteiger partial charge in [0.2, 0.25) is 0 Å². The first-order valence-corrected chi connectivity index (χ1v) is 10.8. The van der Waals surface area contributed by atoms with Gasteiger partial charge in [0.1, 0.15) is 17.2 Å². The molecule has 1 atom stereocenters. The summed E-state index contributed by atoms with van der Waals surface area (Å²) < 4.78 is 13.5. The normalized spacial score (nSPS) is 19.1. The number of halogens is 1. The minimum Gasteiger partial charge on any atom is -0.388 e. The number of aliphatic hydroxyl groups is 1. The highest BCUT2D eigenvalue weighted by Gasteiger charge is 2.40. The molecular formula is C23H29FN4O2. The smallest absolute Gasteiger partial charge is 0.271 e. The van der Waals surface area contributed by atoms with Crippen molar-refractivity contribution in [3.05, 3.63) is 42.0 Å². The summed E-state index contributed by atoms with van der Waals surface area (Å²) in [6, 6.07) is 6.12. The minimum atomic E-state index is -0.908. The average molecular weight is 413 g/mol. The van der Waals surface area contributed by atoms with E-state index in [2.05, 4.69) is 20.2 Å².